The molecule has 0 bridgehead atoms. The number of rotatable bonds is 6. The summed E-state index contributed by atoms with van der Waals surface area (Å²) >= 11 is 0. The van der Waals surface area contributed by atoms with Crippen LogP contribution < -0.4 is 15.1 Å². The largest absolute Gasteiger partial charge is 0.416 e. The molecule has 0 saturated carbocycles. The molecule has 0 aliphatic carbocycles. The van der Waals surface area contributed by atoms with Crippen LogP contribution >= 0.6 is 0 Å². The molecule has 3 aromatic rings. The maximum absolute atomic E-state index is 13.1. The molecule has 0 spiro atoms. The van der Waals surface area contributed by atoms with Gasteiger partial charge in [-0.25, -0.2) is 0 Å². The minimum atomic E-state index is -4.49. The Morgan fingerprint density at radius 1 is 1.03 bits per heavy atom. The van der Waals surface area contributed by atoms with Crippen molar-refractivity contribution >= 4 is 17.3 Å². The van der Waals surface area contributed by atoms with Crippen molar-refractivity contribution in [3.05, 3.63) is 95.1 Å². The lowest BCUT2D eigenvalue weighted by atomic mass is 10.0. The Kier molecular flexibility index (Phi) is 6.31. The van der Waals surface area contributed by atoms with Gasteiger partial charge in [-0.2, -0.15) is 13.2 Å². The first-order valence-corrected chi connectivity index (χ1v) is 10.8. The van der Waals surface area contributed by atoms with E-state index in [-0.39, 0.29) is 18.2 Å². The summed E-state index contributed by atoms with van der Waals surface area (Å²) in [5.74, 6) is -0.525. The van der Waals surface area contributed by atoms with E-state index in [0.29, 0.717) is 0 Å². The molecule has 33 heavy (non-hydrogen) atoms. The molecule has 0 saturated heterocycles. The molecular weight excluding hydrogens is 427 g/mol. The van der Waals surface area contributed by atoms with Gasteiger partial charge in [-0.3, -0.25) is 4.79 Å². The molecule has 0 fully saturated rings. The van der Waals surface area contributed by atoms with E-state index < -0.39 is 17.6 Å². The third kappa shape index (κ3) is 4.97. The first kappa shape index (κ1) is 22.7. The van der Waals surface area contributed by atoms with Crippen LogP contribution in [0.5, 0.6) is 0 Å². The average molecular weight is 454 g/mol. The van der Waals surface area contributed by atoms with Crippen molar-refractivity contribution in [2.24, 2.45) is 0 Å². The lowest BCUT2D eigenvalue weighted by molar-refractivity contribution is -0.137. The fraction of sp³-hybridized carbons (Fsp3) is 0.269. The van der Waals surface area contributed by atoms with E-state index in [4.69, 9.17) is 0 Å². The third-order valence-electron chi connectivity index (χ3n) is 6.00. The van der Waals surface area contributed by atoms with Gasteiger partial charge in [-0.15, -0.1) is 0 Å². The Labute approximate surface area is 191 Å². The van der Waals surface area contributed by atoms with Gasteiger partial charge in [0.25, 0.3) is 5.91 Å². The number of carbonyl (C=O) groups excluding carboxylic acids is 1. The van der Waals surface area contributed by atoms with E-state index in [0.717, 1.165) is 42.0 Å². The summed E-state index contributed by atoms with van der Waals surface area (Å²) in [4.78, 5) is 17.0. The molecule has 3 aromatic carbocycles. The number of fused-ring (bicyclic) bond motifs is 1. The summed E-state index contributed by atoms with van der Waals surface area (Å²) in [6, 6.07) is 20.7. The highest BCUT2D eigenvalue weighted by Gasteiger charge is 2.31. The van der Waals surface area contributed by atoms with Gasteiger partial charge in [0.15, 0.2) is 0 Å². The highest BCUT2D eigenvalue weighted by molar-refractivity contribution is 5.94. The van der Waals surface area contributed by atoms with Crippen molar-refractivity contribution in [3.8, 4) is 0 Å². The number of halogens is 3. The first-order chi connectivity index (χ1) is 15.7. The zero-order valence-corrected chi connectivity index (χ0v) is 18.6. The van der Waals surface area contributed by atoms with Crippen LogP contribution in [0.4, 0.5) is 24.5 Å². The minimum Gasteiger partial charge on any atom is -0.378 e. The normalized spacial score (nSPS) is 14.0. The summed E-state index contributed by atoms with van der Waals surface area (Å²) < 4.78 is 39.2. The van der Waals surface area contributed by atoms with Gasteiger partial charge < -0.3 is 15.1 Å². The molecule has 7 heteroatoms. The predicted octanol–water partition coefficient (Wildman–Crippen LogP) is 5.31. The zero-order chi connectivity index (χ0) is 23.6. The zero-order valence-electron chi connectivity index (χ0n) is 18.6. The number of hydrogen-bond donors (Lipinski definition) is 1. The summed E-state index contributed by atoms with van der Waals surface area (Å²) in [5, 5.41) is 2.86. The molecule has 1 aliphatic rings. The molecule has 1 amide bonds. The van der Waals surface area contributed by atoms with Crippen LogP contribution in [0.25, 0.3) is 0 Å². The molecule has 1 N–H and O–H groups in total. The lowest BCUT2D eigenvalue weighted by Crippen LogP contribution is -2.37. The van der Waals surface area contributed by atoms with Crippen LogP contribution in [0.15, 0.2) is 72.8 Å². The Balaban J connectivity index is 1.59. The summed E-state index contributed by atoms with van der Waals surface area (Å²) in [7, 11) is 3.94. The fourth-order valence-corrected chi connectivity index (χ4v) is 4.22. The number of amides is 1. The smallest absolute Gasteiger partial charge is 0.378 e. The van der Waals surface area contributed by atoms with Gasteiger partial charge in [0, 0.05) is 44.1 Å². The van der Waals surface area contributed by atoms with Gasteiger partial charge in [0.1, 0.15) is 0 Å². The quantitative estimate of drug-likeness (QED) is 0.550. The monoisotopic (exact) mass is 453 g/mol. The molecule has 1 unspecified atom stereocenters. The topological polar surface area (TPSA) is 35.6 Å². The molecular formula is C26H26F3N3O. The van der Waals surface area contributed by atoms with E-state index in [1.54, 1.807) is 0 Å². The Morgan fingerprint density at radius 2 is 1.76 bits per heavy atom. The van der Waals surface area contributed by atoms with Gasteiger partial charge in [-0.05, 0) is 53.9 Å². The number of hydrogen-bond acceptors (Lipinski definition) is 3. The van der Waals surface area contributed by atoms with Gasteiger partial charge in [-0.1, -0.05) is 36.4 Å². The number of carbonyl (C=O) groups is 1. The van der Waals surface area contributed by atoms with E-state index in [1.165, 1.54) is 17.7 Å². The molecule has 0 radical (unpaired) electrons. The maximum Gasteiger partial charge on any atom is 0.416 e. The van der Waals surface area contributed by atoms with Gasteiger partial charge in [0.05, 0.1) is 11.6 Å². The second-order valence-electron chi connectivity index (χ2n) is 8.36. The molecule has 1 heterocycles. The maximum atomic E-state index is 13.1. The van der Waals surface area contributed by atoms with E-state index in [1.807, 2.05) is 55.4 Å². The van der Waals surface area contributed by atoms with Crippen LogP contribution in [0.2, 0.25) is 0 Å². The number of alkyl halides is 3. The van der Waals surface area contributed by atoms with Crippen molar-refractivity contribution in [1.29, 1.82) is 0 Å². The van der Waals surface area contributed by atoms with Gasteiger partial charge >= 0.3 is 6.18 Å². The molecule has 4 rings (SSSR count). The Hall–Kier alpha value is -3.48. The number of benzene rings is 3. The van der Waals surface area contributed by atoms with Crippen molar-refractivity contribution in [2.45, 2.75) is 18.6 Å². The Morgan fingerprint density at radius 3 is 2.45 bits per heavy atom. The van der Waals surface area contributed by atoms with Crippen LogP contribution in [0.1, 0.15) is 33.1 Å². The first-order valence-electron chi connectivity index (χ1n) is 10.8. The van der Waals surface area contributed by atoms with Crippen molar-refractivity contribution in [3.63, 3.8) is 0 Å². The number of para-hydroxylation sites is 1. The second-order valence-corrected chi connectivity index (χ2v) is 8.36. The average Bonchev–Trinajstić information content (AvgIpc) is 3.23. The highest BCUT2D eigenvalue weighted by atomic mass is 19.4. The van der Waals surface area contributed by atoms with Crippen molar-refractivity contribution < 1.29 is 18.0 Å². The number of anilines is 2. The Bertz CT molecular complexity index is 1130. The van der Waals surface area contributed by atoms with Crippen molar-refractivity contribution in [2.75, 3.05) is 37.0 Å². The molecule has 172 valence electrons. The summed E-state index contributed by atoms with van der Waals surface area (Å²) in [6.07, 6.45) is -3.59. The second kappa shape index (κ2) is 9.17. The molecule has 4 nitrogen and oxygen atoms in total. The number of nitrogens with one attached hydrogen (secondary N) is 1. The SMILES string of the molecule is CN(C)c1ccc(C(CNC(=O)c2cccc(C(F)(F)F)c2)N2CCc3ccccc32)cc1. The molecule has 1 atom stereocenters. The standard InChI is InChI=1S/C26H26F3N3O/c1-31(2)22-12-10-19(11-13-22)24(32-15-14-18-6-3-4-9-23(18)32)17-30-25(33)20-7-5-8-21(16-20)26(27,28)29/h3-13,16,24H,14-15,17H2,1-2H3,(H,30,33). The van der Waals surface area contributed by atoms with Crippen LogP contribution in [-0.2, 0) is 12.6 Å². The highest BCUT2D eigenvalue weighted by Crippen LogP contribution is 2.35. The third-order valence-corrected chi connectivity index (χ3v) is 6.00. The minimum absolute atomic E-state index is 0.00615. The van der Waals surface area contributed by atoms with E-state index >= 15 is 0 Å². The summed E-state index contributed by atoms with van der Waals surface area (Å²) in [6.45, 7) is 1.07. The summed E-state index contributed by atoms with van der Waals surface area (Å²) in [5.41, 5.74) is 3.62. The predicted molar refractivity (Wildman–Crippen MR) is 125 cm³/mol. The van der Waals surface area contributed by atoms with Crippen LogP contribution in [0, 0.1) is 0 Å². The van der Waals surface area contributed by atoms with Gasteiger partial charge in [0.2, 0.25) is 0 Å². The lowest BCUT2D eigenvalue weighted by Gasteiger charge is -2.31. The van der Waals surface area contributed by atoms with E-state index in [2.05, 4.69) is 22.3 Å². The fourth-order valence-electron chi connectivity index (χ4n) is 4.22. The number of nitrogens with zero attached hydrogens (tertiary/aromatic N) is 2. The van der Waals surface area contributed by atoms with Crippen LogP contribution in [0.3, 0.4) is 0 Å². The van der Waals surface area contributed by atoms with Crippen molar-refractivity contribution in [1.82, 2.24) is 5.32 Å². The molecule has 0 aromatic heterocycles. The van der Waals surface area contributed by atoms with Crippen LogP contribution in [-0.4, -0.2) is 33.1 Å². The van der Waals surface area contributed by atoms with E-state index in [9.17, 15) is 18.0 Å². The molecule has 1 aliphatic heterocycles.